The van der Waals surface area contributed by atoms with Crippen LogP contribution in [-0.4, -0.2) is 29.5 Å². The number of amides is 1. The molecule has 0 heterocycles. The Labute approximate surface area is 209 Å². The van der Waals surface area contributed by atoms with E-state index in [1.807, 2.05) is 73.7 Å². The predicted octanol–water partition coefficient (Wildman–Crippen LogP) is 6.49. The highest BCUT2D eigenvalue weighted by Gasteiger charge is 2.26. The number of aromatic hydroxyl groups is 1. The van der Waals surface area contributed by atoms with Gasteiger partial charge in [-0.25, -0.2) is 4.79 Å². The number of hydrogen-bond donors (Lipinski definition) is 3. The summed E-state index contributed by atoms with van der Waals surface area (Å²) in [5.74, 6) is -0.431. The van der Waals surface area contributed by atoms with Crippen LogP contribution in [0.1, 0.15) is 25.0 Å². The van der Waals surface area contributed by atoms with Crippen molar-refractivity contribution in [1.29, 1.82) is 0 Å². The average molecular weight is 490 g/mol. The molecule has 2 atom stereocenters. The minimum atomic E-state index is -0.648. The summed E-state index contributed by atoms with van der Waals surface area (Å²) in [4.78, 5) is 24.6. The molecule has 0 aliphatic heterocycles. The molecule has 0 spiro atoms. The molecule has 0 saturated carbocycles. The second kappa shape index (κ2) is 11.1. The first-order chi connectivity index (χ1) is 17.0. The number of carbonyl (C=O) groups excluding carboxylic acids is 2. The highest BCUT2D eigenvalue weighted by molar-refractivity contribution is 7.81. The molecule has 0 saturated heterocycles. The summed E-state index contributed by atoms with van der Waals surface area (Å²) in [5.41, 5.74) is 1.41. The van der Waals surface area contributed by atoms with Crippen molar-refractivity contribution in [3.05, 3.63) is 84.4 Å². The quantitative estimate of drug-likeness (QED) is 0.195. The lowest BCUT2D eigenvalue weighted by Crippen LogP contribution is -2.23. The van der Waals surface area contributed by atoms with Crippen LogP contribution in [0.5, 0.6) is 5.75 Å². The predicted molar refractivity (Wildman–Crippen MR) is 141 cm³/mol. The molecule has 4 aromatic carbocycles. The van der Waals surface area contributed by atoms with Gasteiger partial charge in [0, 0.05) is 22.3 Å². The molecule has 180 valence electrons. The minimum Gasteiger partial charge on any atom is -0.507 e. The highest BCUT2D eigenvalue weighted by atomic mass is 32.1. The van der Waals surface area contributed by atoms with Crippen LogP contribution in [0.2, 0.25) is 0 Å². The number of esters is 1. The number of benzene rings is 4. The number of rotatable bonds is 8. The van der Waals surface area contributed by atoms with Crippen molar-refractivity contribution in [3.63, 3.8) is 0 Å². The molecule has 4 aromatic rings. The van der Waals surface area contributed by atoms with Crippen LogP contribution in [0, 0.1) is 5.92 Å². The zero-order chi connectivity index (χ0) is 24.8. The van der Waals surface area contributed by atoms with E-state index in [9.17, 15) is 14.7 Å². The van der Waals surface area contributed by atoms with Gasteiger partial charge in [-0.3, -0.25) is 10.1 Å². The molecule has 0 radical (unpaired) electrons. The molecule has 0 aliphatic rings. The number of anilines is 1. The van der Waals surface area contributed by atoms with Crippen molar-refractivity contribution in [2.75, 3.05) is 17.7 Å². The molecule has 7 heteroatoms. The Kier molecular flexibility index (Phi) is 7.77. The Morgan fingerprint density at radius 2 is 1.60 bits per heavy atom. The van der Waals surface area contributed by atoms with Crippen molar-refractivity contribution >= 4 is 51.9 Å². The lowest BCUT2D eigenvalue weighted by molar-refractivity contribution is -0.141. The van der Waals surface area contributed by atoms with Crippen LogP contribution in [0.3, 0.4) is 0 Å². The first kappa shape index (κ1) is 24.4. The third-order valence-electron chi connectivity index (χ3n) is 5.98. The van der Waals surface area contributed by atoms with E-state index in [-0.39, 0.29) is 24.0 Å². The average Bonchev–Trinajstić information content (AvgIpc) is 2.88. The molecule has 0 bridgehead atoms. The molecule has 35 heavy (non-hydrogen) atoms. The lowest BCUT2D eigenvalue weighted by Gasteiger charge is -2.26. The maximum absolute atomic E-state index is 13.1. The zero-order valence-electron chi connectivity index (χ0n) is 19.3. The Hall–Kier alpha value is -3.71. The fourth-order valence-electron chi connectivity index (χ4n) is 4.19. The standard InChI is InChI=1S/C28H27NO5S/c1-18(15-16-33-26(31)17-35)27(23-13-14-25(30)22-11-5-4-10-21(22)23)34-28(32)29-24-12-6-8-19-7-2-3-9-20(19)24/h2-14,18,27,30,35H,15-17H2,1H3,(H,29,32)/t18-,27-/m1/s1. The smallest absolute Gasteiger partial charge is 0.412 e. The van der Waals surface area contributed by atoms with E-state index in [1.54, 1.807) is 12.1 Å². The maximum Gasteiger partial charge on any atom is 0.412 e. The third-order valence-corrected chi connectivity index (χ3v) is 6.24. The molecular formula is C28H27NO5S. The number of hydrogen-bond acceptors (Lipinski definition) is 6. The number of phenols is 1. The summed E-state index contributed by atoms with van der Waals surface area (Å²) < 4.78 is 11.2. The molecule has 4 rings (SSSR count). The van der Waals surface area contributed by atoms with Gasteiger partial charge in [0.15, 0.2) is 0 Å². The number of phenolic OH excluding ortho intramolecular Hbond substituents is 1. The van der Waals surface area contributed by atoms with Gasteiger partial charge in [-0.15, -0.1) is 0 Å². The van der Waals surface area contributed by atoms with Gasteiger partial charge in [-0.2, -0.15) is 12.6 Å². The molecular weight excluding hydrogens is 462 g/mol. The van der Waals surface area contributed by atoms with E-state index in [0.29, 0.717) is 17.5 Å². The van der Waals surface area contributed by atoms with Crippen LogP contribution in [0.4, 0.5) is 10.5 Å². The molecule has 1 amide bonds. The van der Waals surface area contributed by atoms with Crippen LogP contribution in [-0.2, 0) is 14.3 Å². The Morgan fingerprint density at radius 3 is 2.37 bits per heavy atom. The van der Waals surface area contributed by atoms with Gasteiger partial charge >= 0.3 is 12.1 Å². The number of fused-ring (bicyclic) bond motifs is 2. The van der Waals surface area contributed by atoms with Crippen LogP contribution < -0.4 is 5.32 Å². The lowest BCUT2D eigenvalue weighted by atomic mass is 9.90. The topological polar surface area (TPSA) is 84.9 Å². The summed E-state index contributed by atoms with van der Waals surface area (Å²) in [7, 11) is 0. The summed E-state index contributed by atoms with van der Waals surface area (Å²) in [6, 6.07) is 24.2. The maximum atomic E-state index is 13.1. The second-order valence-corrected chi connectivity index (χ2v) is 8.66. The van der Waals surface area contributed by atoms with Crippen molar-refractivity contribution < 1.29 is 24.2 Å². The monoisotopic (exact) mass is 489 g/mol. The third kappa shape index (κ3) is 5.69. The van der Waals surface area contributed by atoms with E-state index in [4.69, 9.17) is 9.47 Å². The molecule has 0 unspecified atom stereocenters. The fraction of sp³-hybridized carbons (Fsp3) is 0.214. The van der Waals surface area contributed by atoms with E-state index >= 15 is 0 Å². The summed E-state index contributed by atoms with van der Waals surface area (Å²) in [6.45, 7) is 2.12. The fourth-order valence-corrected chi connectivity index (χ4v) is 4.28. The van der Waals surface area contributed by atoms with Gasteiger partial charge in [0.05, 0.1) is 18.0 Å². The van der Waals surface area contributed by atoms with E-state index in [2.05, 4.69) is 17.9 Å². The first-order valence-electron chi connectivity index (χ1n) is 11.4. The van der Waals surface area contributed by atoms with Gasteiger partial charge in [0.2, 0.25) is 0 Å². The van der Waals surface area contributed by atoms with Gasteiger partial charge in [-0.1, -0.05) is 73.7 Å². The van der Waals surface area contributed by atoms with E-state index < -0.39 is 18.2 Å². The SMILES string of the molecule is C[C@H](CCOC(=O)CS)[C@@H](OC(=O)Nc1cccc2ccccc12)c1ccc(O)c2ccccc12. The van der Waals surface area contributed by atoms with E-state index in [1.165, 1.54) is 0 Å². The summed E-state index contributed by atoms with van der Waals surface area (Å²) in [6.07, 6.45) is -0.770. The Bertz CT molecular complexity index is 1350. The number of nitrogens with one attached hydrogen (secondary N) is 1. The van der Waals surface area contributed by atoms with Crippen LogP contribution in [0.15, 0.2) is 78.9 Å². The van der Waals surface area contributed by atoms with Crippen molar-refractivity contribution in [2.24, 2.45) is 5.92 Å². The van der Waals surface area contributed by atoms with Gasteiger partial charge in [0.25, 0.3) is 0 Å². The summed E-state index contributed by atoms with van der Waals surface area (Å²) in [5, 5.41) is 16.6. The van der Waals surface area contributed by atoms with Crippen LogP contribution in [0.25, 0.3) is 21.5 Å². The molecule has 0 aliphatic carbocycles. The van der Waals surface area contributed by atoms with Gasteiger partial charge in [-0.05, 0) is 29.3 Å². The van der Waals surface area contributed by atoms with E-state index in [0.717, 1.165) is 21.7 Å². The number of ether oxygens (including phenoxy) is 2. The highest BCUT2D eigenvalue weighted by Crippen LogP contribution is 2.37. The normalized spacial score (nSPS) is 12.7. The first-order valence-corrected chi connectivity index (χ1v) is 12.0. The molecule has 0 fully saturated rings. The van der Waals surface area contributed by atoms with Gasteiger partial charge < -0.3 is 14.6 Å². The second-order valence-electron chi connectivity index (χ2n) is 8.34. The van der Waals surface area contributed by atoms with Crippen LogP contribution >= 0.6 is 12.6 Å². The van der Waals surface area contributed by atoms with Crippen molar-refractivity contribution in [1.82, 2.24) is 0 Å². The van der Waals surface area contributed by atoms with Gasteiger partial charge in [0.1, 0.15) is 11.9 Å². The molecule has 6 nitrogen and oxygen atoms in total. The summed E-state index contributed by atoms with van der Waals surface area (Å²) >= 11 is 3.93. The number of thiol groups is 1. The molecule has 2 N–H and O–H groups in total. The Balaban J connectivity index is 1.62. The van der Waals surface area contributed by atoms with Crippen molar-refractivity contribution in [2.45, 2.75) is 19.4 Å². The Morgan fingerprint density at radius 1 is 0.914 bits per heavy atom. The minimum absolute atomic E-state index is 0.00431. The molecule has 0 aromatic heterocycles. The van der Waals surface area contributed by atoms with Crippen molar-refractivity contribution in [3.8, 4) is 5.75 Å². The zero-order valence-corrected chi connectivity index (χ0v) is 20.2. The number of carbonyl (C=O) groups is 2. The largest absolute Gasteiger partial charge is 0.507 e.